The summed E-state index contributed by atoms with van der Waals surface area (Å²) in [5, 5.41) is 8.44. The first-order valence-electron chi connectivity index (χ1n) is 7.94. The topological polar surface area (TPSA) is 58.0 Å². The average molecular weight is 296 g/mol. The van der Waals surface area contributed by atoms with Crippen molar-refractivity contribution >= 4 is 11.6 Å². The molecule has 6 heteroatoms. The SMILES string of the molecule is Cc1ccc(N2CCN(c3ncnc4c3CCC4)CC2)nn1. The number of hydrogen-bond donors (Lipinski definition) is 0. The molecule has 1 fully saturated rings. The van der Waals surface area contributed by atoms with Crippen LogP contribution in [0.25, 0.3) is 0 Å². The highest BCUT2D eigenvalue weighted by atomic mass is 15.3. The Balaban J connectivity index is 1.48. The smallest absolute Gasteiger partial charge is 0.151 e. The molecular formula is C16H20N6. The van der Waals surface area contributed by atoms with Gasteiger partial charge in [0.1, 0.15) is 12.1 Å². The van der Waals surface area contributed by atoms with E-state index in [2.05, 4.69) is 36.0 Å². The number of aryl methyl sites for hydroxylation is 2. The molecule has 1 aliphatic carbocycles. The normalized spacial score (nSPS) is 17.7. The van der Waals surface area contributed by atoms with Gasteiger partial charge >= 0.3 is 0 Å². The van der Waals surface area contributed by atoms with E-state index in [4.69, 9.17) is 0 Å². The molecule has 114 valence electrons. The van der Waals surface area contributed by atoms with E-state index < -0.39 is 0 Å². The zero-order chi connectivity index (χ0) is 14.9. The summed E-state index contributed by atoms with van der Waals surface area (Å²) < 4.78 is 0. The molecule has 0 spiro atoms. The fourth-order valence-corrected chi connectivity index (χ4v) is 3.32. The lowest BCUT2D eigenvalue weighted by molar-refractivity contribution is 0.634. The molecule has 4 rings (SSSR count). The lowest BCUT2D eigenvalue weighted by Gasteiger charge is -2.36. The molecule has 1 saturated heterocycles. The van der Waals surface area contributed by atoms with Crippen LogP contribution in [0.4, 0.5) is 11.6 Å². The third kappa shape index (κ3) is 2.38. The first-order chi connectivity index (χ1) is 10.8. The number of fused-ring (bicyclic) bond motifs is 1. The minimum Gasteiger partial charge on any atom is -0.353 e. The predicted molar refractivity (Wildman–Crippen MR) is 85.3 cm³/mol. The van der Waals surface area contributed by atoms with E-state index >= 15 is 0 Å². The lowest BCUT2D eigenvalue weighted by Crippen LogP contribution is -2.47. The van der Waals surface area contributed by atoms with Crippen molar-refractivity contribution < 1.29 is 0 Å². The fourth-order valence-electron chi connectivity index (χ4n) is 3.32. The van der Waals surface area contributed by atoms with Crippen LogP contribution in [-0.2, 0) is 12.8 Å². The van der Waals surface area contributed by atoms with Gasteiger partial charge < -0.3 is 9.80 Å². The molecule has 2 aromatic heterocycles. The number of aromatic nitrogens is 4. The number of rotatable bonds is 2. The van der Waals surface area contributed by atoms with Crippen LogP contribution in [-0.4, -0.2) is 46.3 Å². The first kappa shape index (κ1) is 13.4. The molecule has 22 heavy (non-hydrogen) atoms. The molecule has 3 heterocycles. The van der Waals surface area contributed by atoms with E-state index in [0.717, 1.165) is 56.4 Å². The van der Waals surface area contributed by atoms with Crippen LogP contribution < -0.4 is 9.80 Å². The predicted octanol–water partition coefficient (Wildman–Crippen LogP) is 1.39. The summed E-state index contributed by atoms with van der Waals surface area (Å²) in [7, 11) is 0. The Morgan fingerprint density at radius 1 is 0.909 bits per heavy atom. The molecule has 6 nitrogen and oxygen atoms in total. The summed E-state index contributed by atoms with van der Waals surface area (Å²) in [6.45, 7) is 5.81. The Bertz CT molecular complexity index is 661. The van der Waals surface area contributed by atoms with Gasteiger partial charge in [-0.05, 0) is 38.3 Å². The molecule has 0 bridgehead atoms. The quantitative estimate of drug-likeness (QED) is 0.835. The van der Waals surface area contributed by atoms with Crippen LogP contribution in [0.5, 0.6) is 0 Å². The van der Waals surface area contributed by atoms with E-state index in [9.17, 15) is 0 Å². The second kappa shape index (κ2) is 5.51. The highest BCUT2D eigenvalue weighted by Gasteiger charge is 2.24. The van der Waals surface area contributed by atoms with Crippen molar-refractivity contribution in [1.82, 2.24) is 20.2 Å². The Morgan fingerprint density at radius 2 is 1.73 bits per heavy atom. The van der Waals surface area contributed by atoms with Crippen LogP contribution >= 0.6 is 0 Å². The molecular weight excluding hydrogens is 276 g/mol. The van der Waals surface area contributed by atoms with Gasteiger partial charge in [-0.15, -0.1) is 5.10 Å². The van der Waals surface area contributed by atoms with Crippen LogP contribution in [0.2, 0.25) is 0 Å². The second-order valence-electron chi connectivity index (χ2n) is 5.98. The highest BCUT2D eigenvalue weighted by molar-refractivity contribution is 5.52. The maximum absolute atomic E-state index is 4.55. The molecule has 0 N–H and O–H groups in total. The highest BCUT2D eigenvalue weighted by Crippen LogP contribution is 2.28. The molecule has 0 amide bonds. The van der Waals surface area contributed by atoms with Crippen molar-refractivity contribution in [3.63, 3.8) is 0 Å². The monoisotopic (exact) mass is 296 g/mol. The van der Waals surface area contributed by atoms with Crippen molar-refractivity contribution in [1.29, 1.82) is 0 Å². The van der Waals surface area contributed by atoms with Crippen LogP contribution in [0.3, 0.4) is 0 Å². The Morgan fingerprint density at radius 3 is 2.50 bits per heavy atom. The van der Waals surface area contributed by atoms with E-state index in [1.807, 2.05) is 13.0 Å². The lowest BCUT2D eigenvalue weighted by atomic mass is 10.2. The van der Waals surface area contributed by atoms with E-state index in [0.29, 0.717) is 0 Å². The molecule has 0 saturated carbocycles. The number of hydrogen-bond acceptors (Lipinski definition) is 6. The molecule has 2 aromatic rings. The van der Waals surface area contributed by atoms with Crippen molar-refractivity contribution in [3.8, 4) is 0 Å². The summed E-state index contributed by atoms with van der Waals surface area (Å²) in [6, 6.07) is 4.08. The van der Waals surface area contributed by atoms with Gasteiger partial charge in [0.05, 0.1) is 5.69 Å². The molecule has 0 atom stereocenters. The molecule has 2 aliphatic rings. The summed E-state index contributed by atoms with van der Waals surface area (Å²) >= 11 is 0. The number of anilines is 2. The summed E-state index contributed by atoms with van der Waals surface area (Å²) in [4.78, 5) is 13.7. The maximum atomic E-state index is 4.55. The zero-order valence-corrected chi connectivity index (χ0v) is 12.9. The standard InChI is InChI=1S/C16H20N6/c1-12-5-6-15(20-19-12)21-7-9-22(10-8-21)16-13-3-2-4-14(13)17-11-18-16/h5-6,11H,2-4,7-10H2,1H3. The molecule has 0 unspecified atom stereocenters. The minimum absolute atomic E-state index is 0.955. The molecule has 1 aliphatic heterocycles. The first-order valence-corrected chi connectivity index (χ1v) is 7.94. The summed E-state index contributed by atoms with van der Waals surface area (Å²) in [5.74, 6) is 2.12. The van der Waals surface area contributed by atoms with Crippen LogP contribution in [0.1, 0.15) is 23.4 Å². The van der Waals surface area contributed by atoms with E-state index in [1.54, 1.807) is 6.33 Å². The Labute approximate surface area is 130 Å². The van der Waals surface area contributed by atoms with Gasteiger partial charge in [0.25, 0.3) is 0 Å². The Kier molecular flexibility index (Phi) is 3.36. The third-order valence-corrected chi connectivity index (χ3v) is 4.54. The van der Waals surface area contributed by atoms with Gasteiger partial charge in [-0.3, -0.25) is 0 Å². The third-order valence-electron chi connectivity index (χ3n) is 4.54. The molecule has 0 aromatic carbocycles. The van der Waals surface area contributed by atoms with Crippen molar-refractivity contribution in [3.05, 3.63) is 35.4 Å². The number of nitrogens with zero attached hydrogens (tertiary/aromatic N) is 6. The molecule has 0 radical (unpaired) electrons. The fraction of sp³-hybridized carbons (Fsp3) is 0.500. The second-order valence-corrected chi connectivity index (χ2v) is 5.98. The van der Waals surface area contributed by atoms with Gasteiger partial charge in [0.15, 0.2) is 5.82 Å². The van der Waals surface area contributed by atoms with Crippen molar-refractivity contribution in [2.24, 2.45) is 0 Å². The zero-order valence-electron chi connectivity index (χ0n) is 12.9. The van der Waals surface area contributed by atoms with Gasteiger partial charge in [-0.2, -0.15) is 5.10 Å². The van der Waals surface area contributed by atoms with Gasteiger partial charge in [-0.25, -0.2) is 9.97 Å². The maximum Gasteiger partial charge on any atom is 0.151 e. The van der Waals surface area contributed by atoms with Gasteiger partial charge in [0.2, 0.25) is 0 Å². The van der Waals surface area contributed by atoms with Gasteiger partial charge in [-0.1, -0.05) is 0 Å². The largest absolute Gasteiger partial charge is 0.353 e. The minimum atomic E-state index is 0.955. The van der Waals surface area contributed by atoms with Crippen molar-refractivity contribution in [2.45, 2.75) is 26.2 Å². The van der Waals surface area contributed by atoms with Crippen LogP contribution in [0.15, 0.2) is 18.5 Å². The van der Waals surface area contributed by atoms with E-state index in [1.165, 1.54) is 17.7 Å². The Hall–Kier alpha value is -2.24. The summed E-state index contributed by atoms with van der Waals surface area (Å²) in [6.07, 6.45) is 5.15. The van der Waals surface area contributed by atoms with E-state index in [-0.39, 0.29) is 0 Å². The van der Waals surface area contributed by atoms with Crippen molar-refractivity contribution in [2.75, 3.05) is 36.0 Å². The van der Waals surface area contributed by atoms with Crippen LogP contribution in [0, 0.1) is 6.92 Å². The average Bonchev–Trinajstić information content (AvgIpc) is 3.04. The van der Waals surface area contributed by atoms with Gasteiger partial charge in [0, 0.05) is 37.4 Å². The number of piperazine rings is 1. The summed E-state index contributed by atoms with van der Waals surface area (Å²) in [5.41, 5.74) is 3.57.